The third-order valence-corrected chi connectivity index (χ3v) is 6.59. The topological polar surface area (TPSA) is 59.7 Å². The number of piperidine rings is 1. The molecule has 0 unspecified atom stereocenters. The van der Waals surface area contributed by atoms with Crippen LogP contribution in [0.4, 0.5) is 0 Å². The number of benzene rings is 2. The zero-order valence-corrected chi connectivity index (χ0v) is 16.4. The summed E-state index contributed by atoms with van der Waals surface area (Å²) in [6.45, 7) is 3.62. The monoisotopic (exact) mass is 390 g/mol. The van der Waals surface area contributed by atoms with Crippen LogP contribution in [-0.2, 0) is 13.1 Å². The van der Waals surface area contributed by atoms with Gasteiger partial charge in [0.15, 0.2) is 5.82 Å². The SMILES string of the molecule is c1ccc(Cn2nnnc2CN2CCC(c3nc4ccccc4s3)CC2)cc1. The van der Waals surface area contributed by atoms with Gasteiger partial charge in [-0.3, -0.25) is 4.90 Å². The Kier molecular flexibility index (Phi) is 4.85. The Morgan fingerprint density at radius 2 is 1.71 bits per heavy atom. The second-order valence-corrected chi connectivity index (χ2v) is 8.37. The minimum Gasteiger partial charge on any atom is -0.296 e. The van der Waals surface area contributed by atoms with Crippen LogP contribution in [-0.4, -0.2) is 43.2 Å². The van der Waals surface area contributed by atoms with Crippen LogP contribution >= 0.6 is 11.3 Å². The molecule has 142 valence electrons. The normalized spacial score (nSPS) is 16.0. The van der Waals surface area contributed by atoms with Gasteiger partial charge in [-0.2, -0.15) is 0 Å². The molecule has 0 saturated carbocycles. The van der Waals surface area contributed by atoms with Crippen molar-refractivity contribution >= 4 is 21.6 Å². The van der Waals surface area contributed by atoms with Crippen molar-refractivity contribution in [2.45, 2.75) is 31.8 Å². The second kappa shape index (κ2) is 7.77. The molecule has 0 aliphatic carbocycles. The lowest BCUT2D eigenvalue weighted by atomic mass is 9.97. The average molecular weight is 391 g/mol. The molecule has 2 aromatic carbocycles. The van der Waals surface area contributed by atoms with E-state index in [-0.39, 0.29) is 0 Å². The van der Waals surface area contributed by atoms with Gasteiger partial charge >= 0.3 is 0 Å². The number of para-hydroxylation sites is 1. The first-order valence-electron chi connectivity index (χ1n) is 9.72. The van der Waals surface area contributed by atoms with Gasteiger partial charge in [0, 0.05) is 5.92 Å². The van der Waals surface area contributed by atoms with Gasteiger partial charge in [0.25, 0.3) is 0 Å². The fourth-order valence-corrected chi connectivity index (χ4v) is 4.95. The van der Waals surface area contributed by atoms with Crippen molar-refractivity contribution in [3.63, 3.8) is 0 Å². The lowest BCUT2D eigenvalue weighted by molar-refractivity contribution is 0.197. The summed E-state index contributed by atoms with van der Waals surface area (Å²) < 4.78 is 3.20. The summed E-state index contributed by atoms with van der Waals surface area (Å²) in [4.78, 5) is 7.32. The Hall–Kier alpha value is -2.64. The molecular formula is C21H22N6S. The highest BCUT2D eigenvalue weighted by atomic mass is 32.1. The summed E-state index contributed by atoms with van der Waals surface area (Å²) in [5.74, 6) is 1.50. The first-order chi connectivity index (χ1) is 13.8. The molecule has 0 N–H and O–H groups in total. The van der Waals surface area contributed by atoms with E-state index in [9.17, 15) is 0 Å². The lowest BCUT2D eigenvalue weighted by Gasteiger charge is -2.30. The molecule has 0 atom stereocenters. The second-order valence-electron chi connectivity index (χ2n) is 7.31. The van der Waals surface area contributed by atoms with Crippen LogP contribution in [0.3, 0.4) is 0 Å². The number of tetrazole rings is 1. The first-order valence-corrected chi connectivity index (χ1v) is 10.5. The van der Waals surface area contributed by atoms with Crippen molar-refractivity contribution in [3.05, 3.63) is 71.0 Å². The standard InChI is InChI=1S/C21H22N6S/c1-2-6-16(7-3-1)14-27-20(23-24-25-27)15-26-12-10-17(11-13-26)21-22-18-8-4-5-9-19(18)28-21/h1-9,17H,10-15H2. The molecule has 28 heavy (non-hydrogen) atoms. The van der Waals surface area contributed by atoms with Crippen LogP contribution in [0.2, 0.25) is 0 Å². The van der Waals surface area contributed by atoms with E-state index in [1.54, 1.807) is 0 Å². The summed E-state index contributed by atoms with van der Waals surface area (Å²) in [6.07, 6.45) is 2.28. The molecule has 0 bridgehead atoms. The highest BCUT2D eigenvalue weighted by molar-refractivity contribution is 7.18. The summed E-state index contributed by atoms with van der Waals surface area (Å²) in [7, 11) is 0. The largest absolute Gasteiger partial charge is 0.296 e. The molecule has 4 aromatic rings. The smallest absolute Gasteiger partial charge is 0.165 e. The Labute approximate surface area is 167 Å². The van der Waals surface area contributed by atoms with Gasteiger partial charge in [0.05, 0.1) is 28.3 Å². The number of thiazole rings is 1. The number of hydrogen-bond donors (Lipinski definition) is 0. The number of rotatable bonds is 5. The zero-order valence-electron chi connectivity index (χ0n) is 15.6. The van der Waals surface area contributed by atoms with Crippen molar-refractivity contribution < 1.29 is 0 Å². The van der Waals surface area contributed by atoms with Gasteiger partial charge in [0.2, 0.25) is 0 Å². The van der Waals surface area contributed by atoms with Crippen molar-refractivity contribution in [3.8, 4) is 0 Å². The van der Waals surface area contributed by atoms with Crippen LogP contribution in [0.25, 0.3) is 10.2 Å². The molecule has 6 nitrogen and oxygen atoms in total. The Balaban J connectivity index is 1.21. The molecule has 5 rings (SSSR count). The Bertz CT molecular complexity index is 1020. The van der Waals surface area contributed by atoms with Crippen LogP contribution < -0.4 is 0 Å². The molecule has 3 heterocycles. The molecule has 0 radical (unpaired) electrons. The third kappa shape index (κ3) is 3.68. The van der Waals surface area contributed by atoms with Crippen molar-refractivity contribution in [2.75, 3.05) is 13.1 Å². The van der Waals surface area contributed by atoms with Gasteiger partial charge < -0.3 is 0 Å². The molecule has 1 aliphatic rings. The van der Waals surface area contributed by atoms with E-state index in [2.05, 4.69) is 56.8 Å². The van der Waals surface area contributed by atoms with Gasteiger partial charge in [-0.1, -0.05) is 42.5 Å². The fraction of sp³-hybridized carbons (Fsp3) is 0.333. The number of fused-ring (bicyclic) bond motifs is 1. The lowest BCUT2D eigenvalue weighted by Crippen LogP contribution is -2.33. The van der Waals surface area contributed by atoms with E-state index in [1.807, 2.05) is 34.2 Å². The van der Waals surface area contributed by atoms with Crippen molar-refractivity contribution in [1.29, 1.82) is 0 Å². The molecular weight excluding hydrogens is 368 g/mol. The first kappa shape index (κ1) is 17.5. The maximum atomic E-state index is 4.86. The van der Waals surface area contributed by atoms with E-state index in [1.165, 1.54) is 15.3 Å². The molecule has 2 aromatic heterocycles. The predicted octanol–water partition coefficient (Wildman–Crippen LogP) is 3.71. The molecule has 1 aliphatic heterocycles. The minimum atomic E-state index is 0.564. The van der Waals surface area contributed by atoms with Crippen LogP contribution in [0.15, 0.2) is 54.6 Å². The van der Waals surface area contributed by atoms with E-state index in [0.29, 0.717) is 12.5 Å². The number of hydrogen-bond acceptors (Lipinski definition) is 6. The van der Waals surface area contributed by atoms with Crippen molar-refractivity contribution in [1.82, 2.24) is 30.1 Å². The maximum Gasteiger partial charge on any atom is 0.165 e. The van der Waals surface area contributed by atoms with Crippen LogP contribution in [0.1, 0.15) is 35.2 Å². The van der Waals surface area contributed by atoms with Crippen LogP contribution in [0.5, 0.6) is 0 Å². The summed E-state index contributed by atoms with van der Waals surface area (Å²) in [5, 5.41) is 13.6. The number of likely N-dealkylation sites (tertiary alicyclic amines) is 1. The maximum absolute atomic E-state index is 4.86. The van der Waals surface area contributed by atoms with Crippen LogP contribution in [0, 0.1) is 0 Å². The summed E-state index contributed by atoms with van der Waals surface area (Å²) >= 11 is 1.85. The summed E-state index contributed by atoms with van der Waals surface area (Å²) in [6, 6.07) is 18.8. The Morgan fingerprint density at radius 1 is 0.929 bits per heavy atom. The highest BCUT2D eigenvalue weighted by Crippen LogP contribution is 2.34. The third-order valence-electron chi connectivity index (χ3n) is 5.39. The molecule has 1 fully saturated rings. The van der Waals surface area contributed by atoms with Crippen molar-refractivity contribution in [2.24, 2.45) is 0 Å². The molecule has 1 saturated heterocycles. The predicted molar refractivity (Wildman–Crippen MR) is 110 cm³/mol. The number of nitrogens with zero attached hydrogens (tertiary/aromatic N) is 6. The molecule has 7 heteroatoms. The number of aromatic nitrogens is 5. The highest BCUT2D eigenvalue weighted by Gasteiger charge is 2.24. The van der Waals surface area contributed by atoms with Gasteiger partial charge in [-0.15, -0.1) is 16.4 Å². The van der Waals surface area contributed by atoms with Gasteiger partial charge in [-0.25, -0.2) is 9.67 Å². The summed E-state index contributed by atoms with van der Waals surface area (Å²) in [5.41, 5.74) is 2.34. The average Bonchev–Trinajstić information content (AvgIpc) is 3.36. The van der Waals surface area contributed by atoms with E-state index in [0.717, 1.165) is 43.8 Å². The molecule has 0 spiro atoms. The van der Waals surface area contributed by atoms with E-state index < -0.39 is 0 Å². The molecule has 0 amide bonds. The minimum absolute atomic E-state index is 0.564. The quantitative estimate of drug-likeness (QED) is 0.520. The van der Waals surface area contributed by atoms with E-state index >= 15 is 0 Å². The Morgan fingerprint density at radius 3 is 2.54 bits per heavy atom. The van der Waals surface area contributed by atoms with Gasteiger partial charge in [0.1, 0.15) is 0 Å². The van der Waals surface area contributed by atoms with E-state index in [4.69, 9.17) is 4.98 Å². The zero-order chi connectivity index (χ0) is 18.8. The van der Waals surface area contributed by atoms with Gasteiger partial charge in [-0.05, 0) is 54.1 Å². The fourth-order valence-electron chi connectivity index (χ4n) is 3.82.